The van der Waals surface area contributed by atoms with E-state index in [-0.39, 0.29) is 11.0 Å². The second kappa shape index (κ2) is 4.12. The van der Waals surface area contributed by atoms with Crippen LogP contribution in [0.5, 0.6) is 5.75 Å². The Hall–Kier alpha value is -1.20. The molecule has 78 valence electrons. The molecule has 3 nitrogen and oxygen atoms in total. The number of hydrogen-bond donors (Lipinski definition) is 0. The highest BCUT2D eigenvalue weighted by atomic mass is 35.5. The molecule has 0 atom stereocenters. The lowest BCUT2D eigenvalue weighted by Crippen LogP contribution is -1.88. The van der Waals surface area contributed by atoms with Gasteiger partial charge in [-0.25, -0.2) is 9.37 Å². The minimum absolute atomic E-state index is 0.179. The first-order valence-electron chi connectivity index (χ1n) is 4.04. The number of halogens is 2. The van der Waals surface area contributed by atoms with E-state index in [0.29, 0.717) is 5.01 Å². The zero-order valence-corrected chi connectivity index (χ0v) is 9.27. The highest BCUT2D eigenvalue weighted by molar-refractivity contribution is 7.09. The summed E-state index contributed by atoms with van der Waals surface area (Å²) in [4.78, 5) is 3.98. The molecule has 0 aliphatic heterocycles. The highest BCUT2D eigenvalue weighted by Crippen LogP contribution is 2.28. The maximum absolute atomic E-state index is 13.1. The van der Waals surface area contributed by atoms with Crippen molar-refractivity contribution in [1.29, 1.82) is 0 Å². The molecular formula is C9H6ClFN2OS. The van der Waals surface area contributed by atoms with E-state index in [1.165, 1.54) is 13.2 Å². The first-order valence-corrected chi connectivity index (χ1v) is 5.19. The number of rotatable bonds is 2. The standard InChI is InChI=1S/C9H6ClFN2OS/c1-14-7-4-5(2-3-6(7)11)8-12-9(10)13-15-8/h2-4H,1H3. The van der Waals surface area contributed by atoms with Gasteiger partial charge in [0.15, 0.2) is 11.6 Å². The van der Waals surface area contributed by atoms with Crippen molar-refractivity contribution in [2.24, 2.45) is 0 Å². The number of hydrogen-bond acceptors (Lipinski definition) is 4. The SMILES string of the molecule is COc1cc(-c2nc(Cl)ns2)ccc1F. The van der Waals surface area contributed by atoms with Gasteiger partial charge in [0.1, 0.15) is 5.01 Å². The lowest BCUT2D eigenvalue weighted by atomic mass is 10.2. The van der Waals surface area contributed by atoms with Crippen molar-refractivity contribution < 1.29 is 9.13 Å². The molecule has 0 fully saturated rings. The van der Waals surface area contributed by atoms with Gasteiger partial charge in [-0.05, 0) is 41.3 Å². The van der Waals surface area contributed by atoms with Crippen molar-refractivity contribution in [3.05, 3.63) is 29.3 Å². The normalized spacial score (nSPS) is 10.3. The molecule has 0 radical (unpaired) electrons. The predicted octanol–water partition coefficient (Wildman–Crippen LogP) is 3.01. The molecule has 0 saturated carbocycles. The Labute approximate surface area is 94.7 Å². The maximum atomic E-state index is 13.1. The predicted molar refractivity (Wildman–Crippen MR) is 56.9 cm³/mol. The molecule has 1 heterocycles. The van der Waals surface area contributed by atoms with E-state index < -0.39 is 5.82 Å². The Kier molecular flexibility index (Phi) is 2.83. The zero-order chi connectivity index (χ0) is 10.8. The minimum atomic E-state index is -0.406. The van der Waals surface area contributed by atoms with Crippen LogP contribution in [0, 0.1) is 5.82 Å². The van der Waals surface area contributed by atoms with Gasteiger partial charge in [0.25, 0.3) is 0 Å². The van der Waals surface area contributed by atoms with Crippen LogP contribution < -0.4 is 4.74 Å². The Balaban J connectivity index is 2.45. The van der Waals surface area contributed by atoms with Crippen LogP contribution in [0.2, 0.25) is 5.28 Å². The van der Waals surface area contributed by atoms with Crippen LogP contribution in [0.25, 0.3) is 10.6 Å². The van der Waals surface area contributed by atoms with Crippen molar-refractivity contribution in [3.63, 3.8) is 0 Å². The van der Waals surface area contributed by atoms with E-state index >= 15 is 0 Å². The minimum Gasteiger partial charge on any atom is -0.494 e. The van der Waals surface area contributed by atoms with Gasteiger partial charge in [0, 0.05) is 5.56 Å². The molecule has 1 aromatic heterocycles. The second-order valence-electron chi connectivity index (χ2n) is 2.72. The molecule has 0 aliphatic carbocycles. The van der Waals surface area contributed by atoms with Crippen molar-refractivity contribution in [1.82, 2.24) is 9.36 Å². The molecule has 6 heteroatoms. The zero-order valence-electron chi connectivity index (χ0n) is 7.70. The Morgan fingerprint density at radius 1 is 1.47 bits per heavy atom. The summed E-state index contributed by atoms with van der Waals surface area (Å²) in [6, 6.07) is 4.49. The molecule has 2 rings (SSSR count). The molecule has 0 unspecified atom stereocenters. The maximum Gasteiger partial charge on any atom is 0.234 e. The van der Waals surface area contributed by atoms with Gasteiger partial charge in [-0.3, -0.25) is 0 Å². The second-order valence-corrected chi connectivity index (χ2v) is 3.81. The van der Waals surface area contributed by atoms with E-state index in [4.69, 9.17) is 16.3 Å². The lowest BCUT2D eigenvalue weighted by Gasteiger charge is -2.02. The van der Waals surface area contributed by atoms with Gasteiger partial charge in [0.05, 0.1) is 7.11 Å². The van der Waals surface area contributed by atoms with E-state index in [1.54, 1.807) is 12.1 Å². The van der Waals surface area contributed by atoms with Crippen LogP contribution in [0.4, 0.5) is 4.39 Å². The summed E-state index contributed by atoms with van der Waals surface area (Å²) in [6.45, 7) is 0. The van der Waals surface area contributed by atoms with E-state index in [2.05, 4.69) is 9.36 Å². The smallest absolute Gasteiger partial charge is 0.234 e. The molecule has 0 saturated heterocycles. The molecule has 0 spiro atoms. The summed E-state index contributed by atoms with van der Waals surface area (Å²) in [5.74, 6) is -0.226. The van der Waals surface area contributed by atoms with Gasteiger partial charge in [-0.1, -0.05) is 0 Å². The number of methoxy groups -OCH3 is 1. The fourth-order valence-corrected chi connectivity index (χ4v) is 1.92. The van der Waals surface area contributed by atoms with Crippen LogP contribution in [0.3, 0.4) is 0 Å². The van der Waals surface area contributed by atoms with Crippen LogP contribution in [-0.4, -0.2) is 16.5 Å². The van der Waals surface area contributed by atoms with Crippen molar-refractivity contribution in [2.45, 2.75) is 0 Å². The van der Waals surface area contributed by atoms with Crippen molar-refractivity contribution in [3.8, 4) is 16.3 Å². The number of nitrogens with zero attached hydrogens (tertiary/aromatic N) is 2. The molecular weight excluding hydrogens is 239 g/mol. The van der Waals surface area contributed by atoms with Crippen LogP contribution in [-0.2, 0) is 0 Å². The third kappa shape index (κ3) is 2.08. The molecule has 1 aromatic carbocycles. The monoisotopic (exact) mass is 244 g/mol. The van der Waals surface area contributed by atoms with E-state index in [9.17, 15) is 4.39 Å². The van der Waals surface area contributed by atoms with Gasteiger partial charge >= 0.3 is 0 Å². The summed E-state index contributed by atoms with van der Waals surface area (Å²) in [5, 5.41) is 0.830. The van der Waals surface area contributed by atoms with E-state index in [1.807, 2.05) is 0 Å². The molecule has 0 aliphatic rings. The molecule has 0 N–H and O–H groups in total. The lowest BCUT2D eigenvalue weighted by molar-refractivity contribution is 0.387. The molecule has 2 aromatic rings. The first-order chi connectivity index (χ1) is 7.20. The summed E-state index contributed by atoms with van der Waals surface area (Å²) < 4.78 is 21.8. The Morgan fingerprint density at radius 2 is 2.27 bits per heavy atom. The fourth-order valence-electron chi connectivity index (χ4n) is 1.12. The number of benzene rings is 1. The Bertz CT molecular complexity index is 489. The third-order valence-corrected chi connectivity index (χ3v) is 2.83. The van der Waals surface area contributed by atoms with E-state index in [0.717, 1.165) is 17.1 Å². The summed E-state index contributed by atoms with van der Waals surface area (Å²) >= 11 is 6.75. The van der Waals surface area contributed by atoms with Gasteiger partial charge in [-0.2, -0.15) is 4.37 Å². The fraction of sp³-hybridized carbons (Fsp3) is 0.111. The van der Waals surface area contributed by atoms with Crippen LogP contribution >= 0.6 is 23.1 Å². The van der Waals surface area contributed by atoms with Gasteiger partial charge in [-0.15, -0.1) is 0 Å². The first kappa shape index (κ1) is 10.3. The number of aromatic nitrogens is 2. The van der Waals surface area contributed by atoms with Crippen LogP contribution in [0.1, 0.15) is 0 Å². The average Bonchev–Trinajstić information content (AvgIpc) is 2.66. The molecule has 15 heavy (non-hydrogen) atoms. The molecule has 0 amide bonds. The van der Waals surface area contributed by atoms with Gasteiger partial charge < -0.3 is 4.74 Å². The Morgan fingerprint density at radius 3 is 2.87 bits per heavy atom. The summed E-state index contributed by atoms with van der Waals surface area (Å²) in [5.41, 5.74) is 0.734. The van der Waals surface area contributed by atoms with Crippen molar-refractivity contribution >= 4 is 23.1 Å². The quantitative estimate of drug-likeness (QED) is 0.815. The van der Waals surface area contributed by atoms with Gasteiger partial charge in [0.2, 0.25) is 5.28 Å². The highest BCUT2D eigenvalue weighted by Gasteiger charge is 2.08. The summed E-state index contributed by atoms with van der Waals surface area (Å²) in [7, 11) is 1.41. The largest absolute Gasteiger partial charge is 0.494 e. The topological polar surface area (TPSA) is 35.0 Å². The average molecular weight is 245 g/mol. The van der Waals surface area contributed by atoms with Crippen LogP contribution in [0.15, 0.2) is 18.2 Å². The summed E-state index contributed by atoms with van der Waals surface area (Å²) in [6.07, 6.45) is 0. The van der Waals surface area contributed by atoms with Crippen molar-refractivity contribution in [2.75, 3.05) is 7.11 Å². The molecule has 0 bridgehead atoms. The number of ether oxygens (including phenoxy) is 1. The third-order valence-electron chi connectivity index (χ3n) is 1.80.